The highest BCUT2D eigenvalue weighted by Gasteiger charge is 2.18. The molecule has 0 bridgehead atoms. The molecule has 0 aromatic rings. The number of hydrogen-bond donors (Lipinski definition) is 1. The van der Waals surface area contributed by atoms with Crippen LogP contribution in [0.1, 0.15) is 41.0 Å². The van der Waals surface area contributed by atoms with E-state index in [1.807, 2.05) is 34.6 Å². The minimum atomic E-state index is -0.588. The van der Waals surface area contributed by atoms with Crippen LogP contribution in [0.2, 0.25) is 0 Å². The van der Waals surface area contributed by atoms with E-state index in [1.54, 1.807) is 0 Å². The summed E-state index contributed by atoms with van der Waals surface area (Å²) in [5.74, 6) is 0. The molecule has 1 fully saturated rings. The lowest BCUT2D eigenvalue weighted by Gasteiger charge is -1.94. The molecule has 1 saturated heterocycles. The smallest absolute Gasteiger partial charge is 0.114 e. The molecule has 0 aromatic heterocycles. The van der Waals surface area contributed by atoms with Gasteiger partial charge in [0.2, 0.25) is 0 Å². The predicted octanol–water partition coefficient (Wildman–Crippen LogP) is 2.76. The first-order valence-electron chi connectivity index (χ1n) is 4.66. The second-order valence-corrected chi connectivity index (χ2v) is 2.14. The van der Waals surface area contributed by atoms with Gasteiger partial charge in [-0.25, -0.2) is 4.39 Å². The number of alkyl halides is 1. The molecule has 1 N–H and O–H groups in total. The Bertz CT molecular complexity index is 58.6. The molecule has 0 aromatic carbocycles. The summed E-state index contributed by atoms with van der Waals surface area (Å²) < 4.78 is 12.1. The lowest BCUT2D eigenvalue weighted by molar-refractivity contribution is 0.357. The first-order valence-corrected chi connectivity index (χ1v) is 4.66. The van der Waals surface area contributed by atoms with Crippen molar-refractivity contribution in [1.29, 1.82) is 0 Å². The normalized spacial score (nSPS) is 27.8. The maximum Gasteiger partial charge on any atom is 0.114 e. The van der Waals surface area contributed by atoms with E-state index in [2.05, 4.69) is 5.32 Å². The number of halogens is 1. The monoisotopic (exact) mass is 163 g/mol. The minimum Gasteiger partial charge on any atom is -0.311 e. The third-order valence-corrected chi connectivity index (χ3v) is 1.30. The summed E-state index contributed by atoms with van der Waals surface area (Å²) in [5, 5.41) is 2.99. The van der Waals surface area contributed by atoms with Gasteiger partial charge in [0.25, 0.3) is 0 Å². The van der Waals surface area contributed by atoms with Crippen molar-refractivity contribution in [2.45, 2.75) is 53.3 Å². The van der Waals surface area contributed by atoms with Gasteiger partial charge in [-0.15, -0.1) is 0 Å². The van der Waals surface area contributed by atoms with Crippen molar-refractivity contribution >= 4 is 0 Å². The van der Waals surface area contributed by atoms with Crippen LogP contribution in [0.5, 0.6) is 0 Å². The summed E-state index contributed by atoms with van der Waals surface area (Å²) in [6, 6.07) is 0.398. The van der Waals surface area contributed by atoms with Crippen molar-refractivity contribution in [3.05, 3.63) is 0 Å². The van der Waals surface area contributed by atoms with Crippen LogP contribution in [-0.2, 0) is 0 Å². The lowest BCUT2D eigenvalue weighted by Crippen LogP contribution is -2.16. The molecule has 70 valence electrons. The van der Waals surface area contributed by atoms with Gasteiger partial charge in [-0.3, -0.25) is 0 Å². The summed E-state index contributed by atoms with van der Waals surface area (Å²) in [4.78, 5) is 0. The Labute approximate surface area is 70.4 Å². The molecule has 1 heterocycles. The predicted molar refractivity (Wildman–Crippen MR) is 49.7 cm³/mol. The fourth-order valence-corrected chi connectivity index (χ4v) is 0.879. The van der Waals surface area contributed by atoms with Crippen LogP contribution in [0.4, 0.5) is 4.39 Å². The summed E-state index contributed by atoms with van der Waals surface area (Å²) in [7, 11) is 0. The molecule has 0 radical (unpaired) electrons. The quantitative estimate of drug-likeness (QED) is 0.579. The van der Waals surface area contributed by atoms with Crippen LogP contribution in [0.3, 0.4) is 0 Å². The topological polar surface area (TPSA) is 12.0 Å². The van der Waals surface area contributed by atoms with Crippen LogP contribution in [0, 0.1) is 0 Å². The third-order valence-electron chi connectivity index (χ3n) is 1.30. The van der Waals surface area contributed by atoms with Crippen molar-refractivity contribution in [2.75, 3.05) is 6.54 Å². The average molecular weight is 163 g/mol. The molecule has 1 aliphatic rings. The van der Waals surface area contributed by atoms with Crippen LogP contribution >= 0.6 is 0 Å². The zero-order valence-corrected chi connectivity index (χ0v) is 8.45. The van der Waals surface area contributed by atoms with E-state index in [1.165, 1.54) is 0 Å². The second-order valence-electron chi connectivity index (χ2n) is 2.14. The standard InChI is InChI=1S/C5H10FN.2C2H6/c1-4-2-5(6)3-7-4;2*1-2/h4-5,7H,2-3H2,1H3;2*1-2H3/t4?,5-;;/m1../s1. The number of rotatable bonds is 0. The maximum absolute atomic E-state index is 12.1. The van der Waals surface area contributed by atoms with Crippen molar-refractivity contribution in [2.24, 2.45) is 0 Å². The van der Waals surface area contributed by atoms with Crippen molar-refractivity contribution in [1.82, 2.24) is 5.32 Å². The number of nitrogens with one attached hydrogen (secondary N) is 1. The highest BCUT2D eigenvalue weighted by molar-refractivity contribution is 4.76. The van der Waals surface area contributed by atoms with Gasteiger partial charge in [0.15, 0.2) is 0 Å². The Hall–Kier alpha value is -0.110. The van der Waals surface area contributed by atoms with Gasteiger partial charge in [0.1, 0.15) is 6.17 Å². The summed E-state index contributed by atoms with van der Waals surface area (Å²) in [6.07, 6.45) is 0.106. The highest BCUT2D eigenvalue weighted by Crippen LogP contribution is 2.07. The van der Waals surface area contributed by atoms with E-state index < -0.39 is 6.17 Å². The molecule has 0 amide bonds. The lowest BCUT2D eigenvalue weighted by atomic mass is 10.2. The summed E-state index contributed by atoms with van der Waals surface area (Å²) >= 11 is 0. The molecule has 1 aliphatic heterocycles. The van der Waals surface area contributed by atoms with E-state index in [9.17, 15) is 4.39 Å². The zero-order valence-electron chi connectivity index (χ0n) is 8.45. The maximum atomic E-state index is 12.1. The number of hydrogen-bond acceptors (Lipinski definition) is 1. The van der Waals surface area contributed by atoms with Gasteiger partial charge < -0.3 is 5.32 Å². The van der Waals surface area contributed by atoms with Crippen LogP contribution < -0.4 is 5.32 Å². The molecule has 0 saturated carbocycles. The van der Waals surface area contributed by atoms with Gasteiger partial charge in [0.05, 0.1) is 0 Å². The molecule has 1 rings (SSSR count). The van der Waals surface area contributed by atoms with Crippen LogP contribution in [0.15, 0.2) is 0 Å². The van der Waals surface area contributed by atoms with E-state index in [0.29, 0.717) is 19.0 Å². The van der Waals surface area contributed by atoms with Crippen LogP contribution in [-0.4, -0.2) is 18.8 Å². The van der Waals surface area contributed by atoms with E-state index in [0.717, 1.165) is 0 Å². The first-order chi connectivity index (χ1) is 5.29. The van der Waals surface area contributed by atoms with Gasteiger partial charge in [-0.1, -0.05) is 27.7 Å². The minimum absolute atomic E-state index is 0.398. The van der Waals surface area contributed by atoms with E-state index in [4.69, 9.17) is 0 Å². The molecule has 2 heteroatoms. The molecule has 0 aliphatic carbocycles. The second kappa shape index (κ2) is 9.89. The van der Waals surface area contributed by atoms with Gasteiger partial charge in [-0.05, 0) is 13.3 Å². The van der Waals surface area contributed by atoms with Crippen molar-refractivity contribution < 1.29 is 4.39 Å². The molecular weight excluding hydrogens is 141 g/mol. The third kappa shape index (κ3) is 7.79. The molecule has 1 nitrogen and oxygen atoms in total. The summed E-state index contributed by atoms with van der Waals surface area (Å²) in [5.41, 5.74) is 0. The first kappa shape index (κ1) is 13.5. The Morgan fingerprint density at radius 1 is 1.18 bits per heavy atom. The van der Waals surface area contributed by atoms with E-state index in [-0.39, 0.29) is 0 Å². The Morgan fingerprint density at radius 3 is 1.73 bits per heavy atom. The molecule has 11 heavy (non-hydrogen) atoms. The Kier molecular flexibility index (Phi) is 12.1. The average Bonchev–Trinajstić information content (AvgIpc) is 2.43. The van der Waals surface area contributed by atoms with Gasteiger partial charge in [0, 0.05) is 12.6 Å². The summed E-state index contributed by atoms with van der Waals surface area (Å²) in [6.45, 7) is 10.6. The molecule has 2 atom stereocenters. The van der Waals surface area contributed by atoms with Crippen LogP contribution in [0.25, 0.3) is 0 Å². The Morgan fingerprint density at radius 2 is 1.64 bits per heavy atom. The fourth-order valence-electron chi connectivity index (χ4n) is 0.879. The zero-order chi connectivity index (χ0) is 9.28. The van der Waals surface area contributed by atoms with Crippen molar-refractivity contribution in [3.8, 4) is 0 Å². The van der Waals surface area contributed by atoms with Crippen molar-refractivity contribution in [3.63, 3.8) is 0 Å². The fraction of sp³-hybridized carbons (Fsp3) is 1.00. The van der Waals surface area contributed by atoms with Gasteiger partial charge >= 0.3 is 0 Å². The molecule has 1 unspecified atom stereocenters. The molecular formula is C9H22FN. The highest BCUT2D eigenvalue weighted by atomic mass is 19.1. The van der Waals surface area contributed by atoms with E-state index >= 15 is 0 Å². The SMILES string of the molecule is CC.CC.CC1C[C@@H](F)CN1. The molecule has 0 spiro atoms. The van der Waals surface area contributed by atoms with Gasteiger partial charge in [-0.2, -0.15) is 0 Å². The largest absolute Gasteiger partial charge is 0.311 e. The Balaban J connectivity index is 0.